The molecule has 1 aromatic heterocycles. The molecule has 2 saturated heterocycles. The molecule has 10 heteroatoms. The summed E-state index contributed by atoms with van der Waals surface area (Å²) in [6.45, 7) is 6.65. The van der Waals surface area contributed by atoms with E-state index < -0.39 is 16.1 Å². The third-order valence-corrected chi connectivity index (χ3v) is 10.1. The number of fused-ring (bicyclic) bond motifs is 1. The summed E-state index contributed by atoms with van der Waals surface area (Å²) in [6.07, 6.45) is 5.34. The average Bonchev–Trinajstić information content (AvgIpc) is 3.34. The van der Waals surface area contributed by atoms with Crippen molar-refractivity contribution in [2.45, 2.75) is 50.3 Å². The van der Waals surface area contributed by atoms with Crippen LogP contribution in [0.4, 0.5) is 0 Å². The predicted molar refractivity (Wildman–Crippen MR) is 125 cm³/mol. The number of sulfonamides is 1. The van der Waals surface area contributed by atoms with Gasteiger partial charge >= 0.3 is 0 Å². The molecule has 0 aromatic carbocycles. The Morgan fingerprint density at radius 3 is 2.09 bits per heavy atom. The molecule has 3 unspecified atom stereocenters. The molecule has 2 fully saturated rings. The van der Waals surface area contributed by atoms with E-state index in [4.69, 9.17) is 0 Å². The third-order valence-electron chi connectivity index (χ3n) is 6.69. The second-order valence-corrected chi connectivity index (χ2v) is 12.9. The number of aryl methyl sites for hydroxylation is 1. The van der Waals surface area contributed by atoms with E-state index in [0.717, 1.165) is 4.88 Å². The number of rotatable bonds is 6. The van der Waals surface area contributed by atoms with Crippen LogP contribution in [0.2, 0.25) is 0 Å². The maximum absolute atomic E-state index is 13.5. The Hall–Kier alpha value is -2.04. The number of nitrogens with zero attached hydrogens (tertiary/aromatic N) is 3. The van der Waals surface area contributed by atoms with Crippen molar-refractivity contribution in [3.8, 4) is 0 Å². The van der Waals surface area contributed by atoms with Crippen LogP contribution in [0.1, 0.15) is 38.0 Å². The molecule has 33 heavy (non-hydrogen) atoms. The second kappa shape index (κ2) is 9.31. The summed E-state index contributed by atoms with van der Waals surface area (Å²) in [5.41, 5.74) is 0. The number of allylic oxidation sites excluding steroid dienone is 2. The van der Waals surface area contributed by atoms with Crippen molar-refractivity contribution in [3.05, 3.63) is 29.2 Å². The van der Waals surface area contributed by atoms with Crippen molar-refractivity contribution in [3.63, 3.8) is 0 Å². The first-order valence-electron chi connectivity index (χ1n) is 11.5. The fourth-order valence-electron chi connectivity index (χ4n) is 4.93. The van der Waals surface area contributed by atoms with Crippen LogP contribution in [0.15, 0.2) is 28.5 Å². The van der Waals surface area contributed by atoms with Gasteiger partial charge in [0.2, 0.25) is 17.7 Å². The number of piperazine rings is 1. The number of carbonyl (C=O) groups excluding carboxylic acids is 3. The number of hydrogen-bond donors (Lipinski definition) is 0. The highest BCUT2D eigenvalue weighted by atomic mass is 32.2. The zero-order valence-corrected chi connectivity index (χ0v) is 20.9. The van der Waals surface area contributed by atoms with E-state index in [1.165, 1.54) is 20.5 Å². The van der Waals surface area contributed by atoms with Crippen molar-refractivity contribution in [2.24, 2.45) is 17.8 Å². The molecule has 0 bridgehead atoms. The molecule has 0 saturated carbocycles. The van der Waals surface area contributed by atoms with E-state index in [1.54, 1.807) is 17.0 Å². The summed E-state index contributed by atoms with van der Waals surface area (Å²) in [4.78, 5) is 43.5. The molecule has 0 radical (unpaired) electrons. The maximum Gasteiger partial charge on any atom is 0.252 e. The molecule has 3 amide bonds. The van der Waals surface area contributed by atoms with Crippen molar-refractivity contribution >= 4 is 39.1 Å². The smallest absolute Gasteiger partial charge is 0.252 e. The molecular weight excluding hydrogens is 462 g/mol. The lowest BCUT2D eigenvalue weighted by atomic mass is 9.85. The quantitative estimate of drug-likeness (QED) is 0.448. The molecule has 1 aromatic rings. The molecule has 2 aliphatic heterocycles. The number of thiophene rings is 1. The van der Waals surface area contributed by atoms with Crippen LogP contribution < -0.4 is 0 Å². The van der Waals surface area contributed by atoms with Gasteiger partial charge in [-0.15, -0.1) is 11.3 Å². The minimum absolute atomic E-state index is 0.115. The van der Waals surface area contributed by atoms with Crippen LogP contribution in [-0.4, -0.2) is 72.5 Å². The largest absolute Gasteiger partial charge is 0.338 e. The fourth-order valence-corrected chi connectivity index (χ4v) is 7.79. The average molecular weight is 494 g/mol. The van der Waals surface area contributed by atoms with Gasteiger partial charge in [-0.1, -0.05) is 26.0 Å². The Bertz CT molecular complexity index is 1040. The lowest BCUT2D eigenvalue weighted by Gasteiger charge is -2.37. The van der Waals surface area contributed by atoms with Crippen molar-refractivity contribution in [1.82, 2.24) is 14.1 Å². The molecule has 3 atom stereocenters. The van der Waals surface area contributed by atoms with Gasteiger partial charge in [0, 0.05) is 31.1 Å². The van der Waals surface area contributed by atoms with E-state index in [-0.39, 0.29) is 61.7 Å². The molecule has 1 aliphatic carbocycles. The first-order valence-corrected chi connectivity index (χ1v) is 13.7. The van der Waals surface area contributed by atoms with E-state index in [9.17, 15) is 22.8 Å². The van der Waals surface area contributed by atoms with E-state index in [2.05, 4.69) is 0 Å². The third kappa shape index (κ3) is 4.52. The Balaban J connectivity index is 1.48. The lowest BCUT2D eigenvalue weighted by Crippen LogP contribution is -2.57. The number of hydrogen-bond acceptors (Lipinski definition) is 6. The second-order valence-electron chi connectivity index (χ2n) is 9.44. The minimum Gasteiger partial charge on any atom is -0.338 e. The molecule has 180 valence electrons. The van der Waals surface area contributed by atoms with Gasteiger partial charge < -0.3 is 4.90 Å². The van der Waals surface area contributed by atoms with Crippen LogP contribution in [0.3, 0.4) is 0 Å². The Morgan fingerprint density at radius 2 is 1.61 bits per heavy atom. The minimum atomic E-state index is -3.59. The molecule has 8 nitrogen and oxygen atoms in total. The molecule has 0 N–H and O–H groups in total. The Kier molecular flexibility index (Phi) is 6.80. The highest BCUT2D eigenvalue weighted by Gasteiger charge is 2.52. The van der Waals surface area contributed by atoms with Crippen molar-refractivity contribution in [2.75, 3.05) is 26.2 Å². The van der Waals surface area contributed by atoms with Gasteiger partial charge in [-0.2, -0.15) is 4.31 Å². The maximum atomic E-state index is 13.5. The standard InChI is InChI=1S/C23H31N3O5S2/c1-15(2)14-19(26-21(27)17-6-4-5-7-18(17)22(26)28)23(29)24-10-12-25(13-11-24)33(30,31)20-9-8-16(3)32-20/h4-5,8-9,15,17-19H,6-7,10-14H2,1-3H3. The van der Waals surface area contributed by atoms with Crippen molar-refractivity contribution in [1.29, 1.82) is 0 Å². The topological polar surface area (TPSA) is 95.1 Å². The summed E-state index contributed by atoms with van der Waals surface area (Å²) < 4.78 is 27.6. The van der Waals surface area contributed by atoms with Crippen LogP contribution in [0, 0.1) is 24.7 Å². The molecule has 4 rings (SSSR count). The summed E-state index contributed by atoms with van der Waals surface area (Å²) >= 11 is 1.24. The number of likely N-dealkylation sites (tertiary alicyclic amines) is 1. The lowest BCUT2D eigenvalue weighted by molar-refractivity contribution is -0.152. The first kappa shape index (κ1) is 24.1. The van der Waals surface area contributed by atoms with E-state index in [1.807, 2.05) is 32.9 Å². The van der Waals surface area contributed by atoms with E-state index in [0.29, 0.717) is 23.5 Å². The van der Waals surface area contributed by atoms with Gasteiger partial charge in [0.15, 0.2) is 0 Å². The predicted octanol–water partition coefficient (Wildman–Crippen LogP) is 2.26. The zero-order valence-electron chi connectivity index (χ0n) is 19.3. The summed E-state index contributed by atoms with van der Waals surface area (Å²) in [5.74, 6) is -1.39. The highest BCUT2D eigenvalue weighted by molar-refractivity contribution is 7.91. The first-order chi connectivity index (χ1) is 15.6. The van der Waals surface area contributed by atoms with Gasteiger partial charge in [-0.3, -0.25) is 19.3 Å². The number of carbonyl (C=O) groups is 3. The molecule has 3 heterocycles. The summed E-state index contributed by atoms with van der Waals surface area (Å²) in [7, 11) is -3.59. The highest BCUT2D eigenvalue weighted by Crippen LogP contribution is 2.37. The number of amides is 3. The Morgan fingerprint density at radius 1 is 1.03 bits per heavy atom. The van der Waals surface area contributed by atoms with Crippen LogP contribution in [0.5, 0.6) is 0 Å². The SMILES string of the molecule is Cc1ccc(S(=O)(=O)N2CCN(C(=O)C(CC(C)C)N3C(=O)C4CC=CCC4C3=O)CC2)s1. The normalized spacial score (nSPS) is 25.1. The summed E-state index contributed by atoms with van der Waals surface area (Å²) in [6, 6.07) is 2.56. The molecule has 0 spiro atoms. The molecular formula is C23H31N3O5S2. The van der Waals surface area contributed by atoms with Crippen molar-refractivity contribution < 1.29 is 22.8 Å². The van der Waals surface area contributed by atoms with Gasteiger partial charge in [-0.05, 0) is 44.2 Å². The van der Waals surface area contributed by atoms with Gasteiger partial charge in [0.25, 0.3) is 10.0 Å². The van der Waals surface area contributed by atoms with Crippen LogP contribution >= 0.6 is 11.3 Å². The fraction of sp³-hybridized carbons (Fsp3) is 0.609. The molecule has 3 aliphatic rings. The number of imide groups is 1. The van der Waals surface area contributed by atoms with Crippen LogP contribution in [-0.2, 0) is 24.4 Å². The van der Waals surface area contributed by atoms with Gasteiger partial charge in [0.1, 0.15) is 10.3 Å². The zero-order chi connectivity index (χ0) is 23.9. The van der Waals surface area contributed by atoms with Crippen LogP contribution in [0.25, 0.3) is 0 Å². The Labute approximate surface area is 199 Å². The van der Waals surface area contributed by atoms with Gasteiger partial charge in [0.05, 0.1) is 11.8 Å². The monoisotopic (exact) mass is 493 g/mol. The van der Waals surface area contributed by atoms with E-state index >= 15 is 0 Å². The van der Waals surface area contributed by atoms with Gasteiger partial charge in [-0.25, -0.2) is 8.42 Å². The summed E-state index contributed by atoms with van der Waals surface area (Å²) in [5, 5.41) is 0.